The first-order chi connectivity index (χ1) is 4.41. The van der Waals surface area contributed by atoms with Crippen LogP contribution in [0.5, 0.6) is 0 Å². The molecule has 0 aliphatic rings. The van der Waals surface area contributed by atoms with E-state index < -0.39 is 0 Å². The number of aliphatic hydroxyl groups is 1. The van der Waals surface area contributed by atoms with Gasteiger partial charge in [-0.05, 0) is 6.42 Å². The van der Waals surface area contributed by atoms with Crippen LogP contribution in [0.2, 0.25) is 0 Å². The predicted octanol–water partition coefficient (Wildman–Crippen LogP) is 1.09. The van der Waals surface area contributed by atoms with E-state index in [1.165, 1.54) is 6.26 Å². The molecule has 0 saturated carbocycles. The Kier molecular flexibility index (Phi) is 6.63. The molecule has 0 saturated heterocycles. The fourth-order valence-electron chi connectivity index (χ4n) is 0.384. The van der Waals surface area contributed by atoms with Crippen molar-refractivity contribution in [3.8, 4) is 0 Å². The highest BCUT2D eigenvalue weighted by atomic mass is 16.5. The third-order valence-corrected chi connectivity index (χ3v) is 0.773. The molecule has 0 amide bonds. The van der Waals surface area contributed by atoms with Gasteiger partial charge in [0, 0.05) is 6.61 Å². The van der Waals surface area contributed by atoms with Gasteiger partial charge in [0.15, 0.2) is 0 Å². The Hall–Kier alpha value is -0.760. The Labute approximate surface area is 55.5 Å². The molecule has 0 heterocycles. The van der Waals surface area contributed by atoms with Crippen molar-refractivity contribution in [2.24, 2.45) is 0 Å². The van der Waals surface area contributed by atoms with Crippen LogP contribution in [-0.2, 0) is 4.74 Å². The van der Waals surface area contributed by atoms with Gasteiger partial charge >= 0.3 is 0 Å². The smallest absolute Gasteiger partial charge is 0.105 e. The molecule has 2 nitrogen and oxygen atoms in total. The van der Waals surface area contributed by atoms with Crippen molar-refractivity contribution < 1.29 is 9.84 Å². The van der Waals surface area contributed by atoms with E-state index in [0.717, 1.165) is 0 Å². The molecule has 0 rings (SSSR count). The Bertz CT molecular complexity index is 86.9. The van der Waals surface area contributed by atoms with Crippen LogP contribution in [-0.4, -0.2) is 18.3 Å². The van der Waals surface area contributed by atoms with E-state index in [4.69, 9.17) is 9.84 Å². The van der Waals surface area contributed by atoms with Crippen molar-refractivity contribution in [3.05, 3.63) is 25.0 Å². The molecule has 0 bridgehead atoms. The monoisotopic (exact) mass is 128 g/mol. The van der Waals surface area contributed by atoms with E-state index >= 15 is 0 Å². The van der Waals surface area contributed by atoms with Gasteiger partial charge in [-0.2, -0.15) is 0 Å². The van der Waals surface area contributed by atoms with Gasteiger partial charge in [-0.3, -0.25) is 0 Å². The van der Waals surface area contributed by atoms with Gasteiger partial charge < -0.3 is 9.84 Å². The number of hydrogen-bond donors (Lipinski definition) is 1. The summed E-state index contributed by atoms with van der Waals surface area (Å²) in [5, 5.41) is 8.31. The topological polar surface area (TPSA) is 29.5 Å². The zero-order valence-electron chi connectivity index (χ0n) is 5.42. The lowest BCUT2D eigenvalue weighted by atomic mass is 10.4. The lowest BCUT2D eigenvalue weighted by Crippen LogP contribution is -1.80. The zero-order chi connectivity index (χ0) is 6.95. The zero-order valence-corrected chi connectivity index (χ0v) is 5.42. The second-order valence-corrected chi connectivity index (χ2v) is 1.48. The summed E-state index contributed by atoms with van der Waals surface area (Å²) in [6, 6.07) is 0. The SMILES string of the molecule is C=COCC=CCCO. The van der Waals surface area contributed by atoms with Crippen LogP contribution in [0.1, 0.15) is 6.42 Å². The third-order valence-electron chi connectivity index (χ3n) is 0.773. The summed E-state index contributed by atoms with van der Waals surface area (Å²) in [4.78, 5) is 0. The molecule has 0 radical (unpaired) electrons. The quantitative estimate of drug-likeness (QED) is 0.341. The minimum absolute atomic E-state index is 0.199. The molecule has 2 heteroatoms. The fraction of sp³-hybridized carbons (Fsp3) is 0.429. The number of aliphatic hydroxyl groups excluding tert-OH is 1. The second kappa shape index (κ2) is 7.24. The number of rotatable bonds is 5. The van der Waals surface area contributed by atoms with E-state index in [1.54, 1.807) is 0 Å². The van der Waals surface area contributed by atoms with Crippen molar-refractivity contribution in [1.82, 2.24) is 0 Å². The molecule has 0 aliphatic heterocycles. The summed E-state index contributed by atoms with van der Waals surface area (Å²) < 4.78 is 4.78. The van der Waals surface area contributed by atoms with E-state index in [-0.39, 0.29) is 6.61 Å². The predicted molar refractivity (Wildman–Crippen MR) is 37.0 cm³/mol. The van der Waals surface area contributed by atoms with Crippen LogP contribution >= 0.6 is 0 Å². The Morgan fingerprint density at radius 1 is 1.44 bits per heavy atom. The standard InChI is InChI=1S/C7H12O2/c1-2-9-7-5-3-4-6-8/h2-3,5,8H,1,4,6-7H2. The van der Waals surface area contributed by atoms with Crippen molar-refractivity contribution in [1.29, 1.82) is 0 Å². The van der Waals surface area contributed by atoms with Crippen molar-refractivity contribution >= 4 is 0 Å². The van der Waals surface area contributed by atoms with Crippen LogP contribution in [0.25, 0.3) is 0 Å². The van der Waals surface area contributed by atoms with Crippen molar-refractivity contribution in [2.45, 2.75) is 6.42 Å². The molecule has 52 valence electrons. The molecule has 0 fully saturated rings. The first kappa shape index (κ1) is 8.24. The summed E-state index contributed by atoms with van der Waals surface area (Å²) in [7, 11) is 0. The van der Waals surface area contributed by atoms with Gasteiger partial charge in [0.05, 0.1) is 6.26 Å². The summed E-state index contributed by atoms with van der Waals surface area (Å²) in [6.45, 7) is 4.12. The van der Waals surface area contributed by atoms with E-state index in [0.29, 0.717) is 13.0 Å². The van der Waals surface area contributed by atoms with Crippen LogP contribution < -0.4 is 0 Å². The van der Waals surface area contributed by atoms with Crippen molar-refractivity contribution in [2.75, 3.05) is 13.2 Å². The minimum Gasteiger partial charge on any atom is -0.498 e. The lowest BCUT2D eigenvalue weighted by molar-refractivity contribution is 0.288. The first-order valence-electron chi connectivity index (χ1n) is 2.90. The molecule has 1 N–H and O–H groups in total. The Morgan fingerprint density at radius 2 is 2.22 bits per heavy atom. The molecular weight excluding hydrogens is 116 g/mol. The van der Waals surface area contributed by atoms with Gasteiger partial charge in [0.25, 0.3) is 0 Å². The molecule has 0 aliphatic carbocycles. The largest absolute Gasteiger partial charge is 0.498 e. The van der Waals surface area contributed by atoms with E-state index in [1.807, 2.05) is 12.2 Å². The minimum atomic E-state index is 0.199. The van der Waals surface area contributed by atoms with Crippen LogP contribution in [0.4, 0.5) is 0 Å². The maximum atomic E-state index is 8.31. The van der Waals surface area contributed by atoms with Gasteiger partial charge in [-0.1, -0.05) is 18.7 Å². The highest BCUT2D eigenvalue weighted by Crippen LogP contribution is 1.81. The van der Waals surface area contributed by atoms with Gasteiger partial charge in [0.2, 0.25) is 0 Å². The van der Waals surface area contributed by atoms with Gasteiger partial charge in [-0.25, -0.2) is 0 Å². The summed E-state index contributed by atoms with van der Waals surface area (Å²) in [5.74, 6) is 0. The van der Waals surface area contributed by atoms with Crippen molar-refractivity contribution in [3.63, 3.8) is 0 Å². The van der Waals surface area contributed by atoms with E-state index in [9.17, 15) is 0 Å². The first-order valence-corrected chi connectivity index (χ1v) is 2.90. The average Bonchev–Trinajstić information content (AvgIpc) is 1.89. The lowest BCUT2D eigenvalue weighted by Gasteiger charge is -1.90. The maximum absolute atomic E-state index is 8.31. The van der Waals surface area contributed by atoms with E-state index in [2.05, 4.69) is 6.58 Å². The average molecular weight is 128 g/mol. The normalized spacial score (nSPS) is 9.89. The maximum Gasteiger partial charge on any atom is 0.105 e. The van der Waals surface area contributed by atoms with Gasteiger partial charge in [0.1, 0.15) is 6.61 Å². The Balaban J connectivity index is 2.94. The number of hydrogen-bond acceptors (Lipinski definition) is 2. The molecule has 0 aromatic heterocycles. The summed E-state index contributed by atoms with van der Waals surface area (Å²) in [5.41, 5.74) is 0. The molecule has 0 aromatic carbocycles. The molecule has 9 heavy (non-hydrogen) atoms. The summed E-state index contributed by atoms with van der Waals surface area (Å²) >= 11 is 0. The Morgan fingerprint density at radius 3 is 2.78 bits per heavy atom. The molecular formula is C7H12O2. The highest BCUT2D eigenvalue weighted by molar-refractivity contribution is 4.81. The highest BCUT2D eigenvalue weighted by Gasteiger charge is 1.73. The molecule has 0 atom stereocenters. The molecule has 0 spiro atoms. The number of ether oxygens (including phenoxy) is 1. The molecule has 0 aromatic rings. The fourth-order valence-corrected chi connectivity index (χ4v) is 0.384. The summed E-state index contributed by atoms with van der Waals surface area (Å²) in [6.07, 6.45) is 5.80. The van der Waals surface area contributed by atoms with Gasteiger partial charge in [-0.15, -0.1) is 0 Å². The van der Waals surface area contributed by atoms with Crippen LogP contribution in [0, 0.1) is 0 Å². The van der Waals surface area contributed by atoms with Crippen LogP contribution in [0.3, 0.4) is 0 Å². The third kappa shape index (κ3) is 7.24. The van der Waals surface area contributed by atoms with Crippen LogP contribution in [0.15, 0.2) is 25.0 Å². The second-order valence-electron chi connectivity index (χ2n) is 1.48. The molecule has 0 unspecified atom stereocenters.